The highest BCUT2D eigenvalue weighted by Crippen LogP contribution is 2.23. The first-order chi connectivity index (χ1) is 19.6. The van der Waals surface area contributed by atoms with Gasteiger partial charge >= 0.3 is 5.97 Å². The van der Waals surface area contributed by atoms with Gasteiger partial charge in [-0.3, -0.25) is 4.99 Å². The quantitative estimate of drug-likeness (QED) is 0.0703. The first kappa shape index (κ1) is 29.0. The molecule has 4 aromatic rings. The zero-order valence-corrected chi connectivity index (χ0v) is 23.9. The molecule has 0 spiro atoms. The lowest BCUT2D eigenvalue weighted by Crippen LogP contribution is -2.08. The SMILES string of the molecule is CCCCCCCCCc1ccc(-c2ccc(C(=O)Oc3ccc(C=N[C@@H](C)c4ccccc4)cc3)cc2)cc1. The number of carbonyl (C=O) groups excluding carboxylic acids is 1. The highest BCUT2D eigenvalue weighted by molar-refractivity contribution is 5.91. The fourth-order valence-electron chi connectivity index (χ4n) is 4.75. The van der Waals surface area contributed by atoms with E-state index in [2.05, 4.69) is 55.2 Å². The van der Waals surface area contributed by atoms with E-state index in [4.69, 9.17) is 4.74 Å². The number of nitrogens with zero attached hydrogens (tertiary/aromatic N) is 1. The molecule has 4 rings (SSSR count). The van der Waals surface area contributed by atoms with Crippen molar-refractivity contribution in [3.05, 3.63) is 125 Å². The van der Waals surface area contributed by atoms with E-state index >= 15 is 0 Å². The van der Waals surface area contributed by atoms with Crippen LogP contribution in [0.4, 0.5) is 0 Å². The Labute approximate surface area is 240 Å². The highest BCUT2D eigenvalue weighted by atomic mass is 16.5. The third-order valence-electron chi connectivity index (χ3n) is 7.30. The first-order valence-electron chi connectivity index (χ1n) is 14.7. The second-order valence-corrected chi connectivity index (χ2v) is 10.5. The number of carbonyl (C=O) groups is 1. The van der Waals surface area contributed by atoms with Gasteiger partial charge in [0.15, 0.2) is 0 Å². The monoisotopic (exact) mass is 531 g/mol. The molecule has 0 bridgehead atoms. The first-order valence-corrected chi connectivity index (χ1v) is 14.7. The van der Waals surface area contributed by atoms with Crippen LogP contribution in [-0.4, -0.2) is 12.2 Å². The Kier molecular flexibility index (Phi) is 11.3. The number of benzene rings is 4. The molecule has 1 atom stereocenters. The summed E-state index contributed by atoms with van der Waals surface area (Å²) in [5.41, 5.74) is 6.29. The average Bonchev–Trinajstić information content (AvgIpc) is 3.01. The molecule has 0 amide bonds. The summed E-state index contributed by atoms with van der Waals surface area (Å²) in [6.07, 6.45) is 12.3. The van der Waals surface area contributed by atoms with E-state index in [9.17, 15) is 4.79 Å². The molecular formula is C37H41NO2. The zero-order chi connectivity index (χ0) is 28.0. The molecule has 3 nitrogen and oxygen atoms in total. The normalized spacial score (nSPS) is 11.9. The molecule has 0 N–H and O–H groups in total. The van der Waals surface area contributed by atoms with Crippen molar-refractivity contribution in [2.75, 3.05) is 0 Å². The lowest BCUT2D eigenvalue weighted by atomic mass is 10.00. The van der Waals surface area contributed by atoms with Gasteiger partial charge in [0, 0.05) is 6.21 Å². The molecule has 0 saturated heterocycles. The van der Waals surface area contributed by atoms with Gasteiger partial charge in [0.05, 0.1) is 11.6 Å². The molecule has 0 unspecified atom stereocenters. The van der Waals surface area contributed by atoms with E-state index in [1.165, 1.54) is 56.1 Å². The van der Waals surface area contributed by atoms with Crippen molar-refractivity contribution in [2.24, 2.45) is 4.99 Å². The van der Waals surface area contributed by atoms with Crippen molar-refractivity contribution in [3.63, 3.8) is 0 Å². The van der Waals surface area contributed by atoms with Crippen LogP contribution in [-0.2, 0) is 6.42 Å². The second kappa shape index (κ2) is 15.6. The van der Waals surface area contributed by atoms with Crippen LogP contribution < -0.4 is 4.74 Å². The summed E-state index contributed by atoms with van der Waals surface area (Å²) in [7, 11) is 0. The van der Waals surface area contributed by atoms with Crippen molar-refractivity contribution >= 4 is 12.2 Å². The molecule has 0 radical (unpaired) electrons. The van der Waals surface area contributed by atoms with Gasteiger partial charge in [0.1, 0.15) is 5.75 Å². The molecular weight excluding hydrogens is 490 g/mol. The molecule has 0 aromatic heterocycles. The van der Waals surface area contributed by atoms with E-state index in [0.29, 0.717) is 11.3 Å². The van der Waals surface area contributed by atoms with Crippen LogP contribution in [0.5, 0.6) is 5.75 Å². The van der Waals surface area contributed by atoms with E-state index in [1.54, 1.807) is 12.1 Å². The van der Waals surface area contributed by atoms with E-state index < -0.39 is 0 Å². The molecule has 0 heterocycles. The smallest absolute Gasteiger partial charge is 0.343 e. The van der Waals surface area contributed by atoms with Gasteiger partial charge in [-0.15, -0.1) is 0 Å². The number of aliphatic imine (C=N–C) groups is 1. The maximum Gasteiger partial charge on any atom is 0.343 e. The van der Waals surface area contributed by atoms with Gasteiger partial charge in [0.2, 0.25) is 0 Å². The predicted octanol–water partition coefficient (Wildman–Crippen LogP) is 10.0. The van der Waals surface area contributed by atoms with Gasteiger partial charge in [-0.2, -0.15) is 0 Å². The Morgan fingerprint density at radius 1 is 0.725 bits per heavy atom. The van der Waals surface area contributed by atoms with Crippen molar-refractivity contribution in [1.82, 2.24) is 0 Å². The number of hydrogen-bond acceptors (Lipinski definition) is 3. The van der Waals surface area contributed by atoms with Gasteiger partial charge in [-0.05, 0) is 84.0 Å². The summed E-state index contributed by atoms with van der Waals surface area (Å²) in [4.78, 5) is 17.3. The summed E-state index contributed by atoms with van der Waals surface area (Å²) in [5, 5.41) is 0. The predicted molar refractivity (Wildman–Crippen MR) is 167 cm³/mol. The minimum absolute atomic E-state index is 0.0783. The van der Waals surface area contributed by atoms with E-state index in [-0.39, 0.29) is 12.0 Å². The number of esters is 1. The fourth-order valence-corrected chi connectivity index (χ4v) is 4.75. The van der Waals surface area contributed by atoms with Crippen molar-refractivity contribution in [3.8, 4) is 16.9 Å². The number of aryl methyl sites for hydroxylation is 1. The van der Waals surface area contributed by atoms with Crippen molar-refractivity contribution in [1.29, 1.82) is 0 Å². The Morgan fingerprint density at radius 2 is 1.32 bits per heavy atom. The van der Waals surface area contributed by atoms with Crippen LogP contribution in [0, 0.1) is 0 Å². The average molecular weight is 532 g/mol. The summed E-state index contributed by atoms with van der Waals surface area (Å²) >= 11 is 0. The number of hydrogen-bond donors (Lipinski definition) is 0. The molecule has 0 fully saturated rings. The van der Waals surface area contributed by atoms with Crippen molar-refractivity contribution in [2.45, 2.75) is 71.3 Å². The Bertz CT molecular complexity index is 1320. The van der Waals surface area contributed by atoms with Gasteiger partial charge in [0.25, 0.3) is 0 Å². The number of unbranched alkanes of at least 4 members (excludes halogenated alkanes) is 6. The number of rotatable bonds is 14. The lowest BCUT2D eigenvalue weighted by molar-refractivity contribution is 0.0735. The summed E-state index contributed by atoms with van der Waals surface area (Å²) < 4.78 is 5.60. The molecule has 206 valence electrons. The molecule has 0 aliphatic heterocycles. The van der Waals surface area contributed by atoms with Crippen LogP contribution in [0.1, 0.15) is 91.9 Å². The molecule has 40 heavy (non-hydrogen) atoms. The topological polar surface area (TPSA) is 38.7 Å². The van der Waals surface area contributed by atoms with Gasteiger partial charge in [-0.25, -0.2) is 4.79 Å². The summed E-state index contributed by atoms with van der Waals surface area (Å²) in [5.74, 6) is 0.148. The van der Waals surface area contributed by atoms with Gasteiger partial charge in [-0.1, -0.05) is 112 Å². The van der Waals surface area contributed by atoms with Crippen LogP contribution in [0.15, 0.2) is 108 Å². The Hall–Kier alpha value is -3.98. The third-order valence-corrected chi connectivity index (χ3v) is 7.30. The number of ether oxygens (including phenoxy) is 1. The molecule has 0 aliphatic rings. The minimum atomic E-state index is -0.365. The Morgan fingerprint density at radius 3 is 1.98 bits per heavy atom. The molecule has 0 aliphatic carbocycles. The molecule has 0 saturated carbocycles. The third kappa shape index (κ3) is 9.05. The van der Waals surface area contributed by atoms with E-state index in [1.807, 2.05) is 60.8 Å². The summed E-state index contributed by atoms with van der Waals surface area (Å²) in [6.45, 7) is 4.33. The maximum absolute atomic E-state index is 12.7. The van der Waals surface area contributed by atoms with Crippen LogP contribution in [0.25, 0.3) is 11.1 Å². The van der Waals surface area contributed by atoms with Crippen LogP contribution in [0.3, 0.4) is 0 Å². The van der Waals surface area contributed by atoms with Crippen molar-refractivity contribution < 1.29 is 9.53 Å². The van der Waals surface area contributed by atoms with E-state index in [0.717, 1.165) is 23.1 Å². The molecule has 3 heteroatoms. The Balaban J connectivity index is 1.25. The fraction of sp³-hybridized carbons (Fsp3) is 0.297. The lowest BCUT2D eigenvalue weighted by Gasteiger charge is -2.08. The molecule has 4 aromatic carbocycles. The second-order valence-electron chi connectivity index (χ2n) is 10.5. The zero-order valence-electron chi connectivity index (χ0n) is 23.9. The highest BCUT2D eigenvalue weighted by Gasteiger charge is 2.09. The van der Waals surface area contributed by atoms with Crippen LogP contribution >= 0.6 is 0 Å². The standard InChI is InChI=1S/C37H41NO2/c1-3-4-5-6-7-8-10-13-30-16-20-33(21-17-30)34-22-24-35(25-23-34)37(39)40-36-26-18-31(19-27-36)28-38-29(2)32-14-11-9-12-15-32/h9,11-12,14-29H,3-8,10,13H2,1-2H3/t29-/m0/s1. The largest absolute Gasteiger partial charge is 0.423 e. The van der Waals surface area contributed by atoms with Crippen LogP contribution in [0.2, 0.25) is 0 Å². The summed E-state index contributed by atoms with van der Waals surface area (Å²) in [6, 6.07) is 34.1. The maximum atomic E-state index is 12.7. The van der Waals surface area contributed by atoms with Gasteiger partial charge < -0.3 is 4.74 Å². The minimum Gasteiger partial charge on any atom is -0.423 e.